The van der Waals surface area contributed by atoms with Crippen molar-refractivity contribution in [2.24, 2.45) is 0 Å². The molecule has 4 nitrogen and oxygen atoms in total. The highest BCUT2D eigenvalue weighted by Gasteiger charge is 2.15. The van der Waals surface area contributed by atoms with Gasteiger partial charge in [0.25, 0.3) is 0 Å². The molecule has 1 aromatic carbocycles. The Balaban J connectivity index is 2.92. The monoisotopic (exact) mass is 265 g/mol. The van der Waals surface area contributed by atoms with E-state index in [1.807, 2.05) is 0 Å². The quantitative estimate of drug-likeness (QED) is 0.619. The predicted molar refractivity (Wildman–Crippen MR) is 58.3 cm³/mol. The Kier molecular flexibility index (Phi) is 4.52. The van der Waals surface area contributed by atoms with E-state index < -0.39 is 10.7 Å². The van der Waals surface area contributed by atoms with Gasteiger partial charge in [-0.2, -0.15) is 0 Å². The van der Waals surface area contributed by atoms with Crippen LogP contribution in [-0.4, -0.2) is 11.5 Å². The van der Waals surface area contributed by atoms with Crippen LogP contribution in [-0.2, 0) is 0 Å². The van der Waals surface area contributed by atoms with Gasteiger partial charge in [0.05, 0.1) is 9.96 Å². The van der Waals surface area contributed by atoms with Crippen molar-refractivity contribution in [1.29, 1.82) is 0 Å². The number of hydrogen-bond donors (Lipinski definition) is 0. The molecule has 0 saturated carbocycles. The first kappa shape index (κ1) is 12.7. The van der Waals surface area contributed by atoms with Crippen molar-refractivity contribution >= 4 is 28.9 Å². The second-order valence-electron chi connectivity index (χ2n) is 2.71. The van der Waals surface area contributed by atoms with Crippen molar-refractivity contribution in [3.05, 3.63) is 44.7 Å². The molecule has 0 atom stereocenters. The van der Waals surface area contributed by atoms with Crippen LogP contribution in [0.3, 0.4) is 0 Å². The van der Waals surface area contributed by atoms with Gasteiger partial charge in [-0.1, -0.05) is 23.2 Å². The van der Waals surface area contributed by atoms with E-state index in [0.29, 0.717) is 0 Å². The van der Waals surface area contributed by atoms with Crippen molar-refractivity contribution in [3.63, 3.8) is 0 Å². The first-order valence-corrected chi connectivity index (χ1v) is 4.87. The fourth-order valence-electron chi connectivity index (χ4n) is 0.933. The molecule has 0 N–H and O–H groups in total. The normalized spacial score (nSPS) is 11.3. The third-order valence-corrected chi connectivity index (χ3v) is 2.20. The number of nitro groups is 1. The first-order chi connectivity index (χ1) is 7.54. The first-order valence-electron chi connectivity index (χ1n) is 4.06. The third kappa shape index (κ3) is 3.36. The molecule has 0 saturated heterocycles. The van der Waals surface area contributed by atoms with Gasteiger partial charge in [0, 0.05) is 17.7 Å². The summed E-state index contributed by atoms with van der Waals surface area (Å²) in [6.45, 7) is -0.157. The third-order valence-electron chi connectivity index (χ3n) is 1.60. The SMILES string of the molecule is O=[N+]([O-])c1ccc(F)cc1OCC(Cl)=CCl. The second kappa shape index (κ2) is 5.67. The zero-order valence-electron chi connectivity index (χ0n) is 7.82. The highest BCUT2D eigenvalue weighted by atomic mass is 35.5. The summed E-state index contributed by atoms with van der Waals surface area (Å²) in [5.74, 6) is -0.826. The Morgan fingerprint density at radius 2 is 2.31 bits per heavy atom. The molecule has 0 bridgehead atoms. The molecule has 0 heterocycles. The Labute approximate surface area is 100 Å². The van der Waals surface area contributed by atoms with Crippen LogP contribution < -0.4 is 4.74 Å². The van der Waals surface area contributed by atoms with E-state index in [4.69, 9.17) is 27.9 Å². The van der Waals surface area contributed by atoms with Gasteiger partial charge in [-0.15, -0.1) is 0 Å². The Morgan fingerprint density at radius 1 is 1.62 bits per heavy atom. The van der Waals surface area contributed by atoms with Crippen LogP contribution in [0.4, 0.5) is 10.1 Å². The molecule has 7 heteroatoms. The molecule has 0 aliphatic carbocycles. The highest BCUT2D eigenvalue weighted by Crippen LogP contribution is 2.28. The van der Waals surface area contributed by atoms with Gasteiger partial charge < -0.3 is 4.74 Å². The molecular formula is C9H6Cl2FNO3. The van der Waals surface area contributed by atoms with E-state index in [1.165, 1.54) is 0 Å². The lowest BCUT2D eigenvalue weighted by Crippen LogP contribution is -2.01. The summed E-state index contributed by atoms with van der Waals surface area (Å²) in [6, 6.07) is 2.91. The molecule has 0 aromatic heterocycles. The number of nitro benzene ring substituents is 1. The molecule has 0 radical (unpaired) electrons. The molecule has 0 aliphatic heterocycles. The minimum absolute atomic E-state index is 0.153. The number of halogens is 3. The number of rotatable bonds is 4. The van der Waals surface area contributed by atoms with Crippen molar-refractivity contribution in [2.45, 2.75) is 0 Å². The standard InChI is InChI=1S/C9H6Cl2FNO3/c10-4-6(11)5-16-9-3-7(12)1-2-8(9)13(14)15/h1-4H,5H2. The fraction of sp³-hybridized carbons (Fsp3) is 0.111. The molecule has 86 valence electrons. The number of benzene rings is 1. The molecule has 0 unspecified atom stereocenters. The van der Waals surface area contributed by atoms with Gasteiger partial charge in [0.2, 0.25) is 0 Å². The lowest BCUT2D eigenvalue weighted by Gasteiger charge is -2.05. The van der Waals surface area contributed by atoms with Gasteiger partial charge in [-0.3, -0.25) is 10.1 Å². The zero-order valence-corrected chi connectivity index (χ0v) is 9.33. The second-order valence-corrected chi connectivity index (χ2v) is 3.42. The van der Waals surface area contributed by atoms with Crippen LogP contribution in [0.25, 0.3) is 0 Å². The number of ether oxygens (including phenoxy) is 1. The summed E-state index contributed by atoms with van der Waals surface area (Å²) in [5, 5.41) is 10.7. The van der Waals surface area contributed by atoms with Crippen LogP contribution in [0, 0.1) is 15.9 Å². The minimum Gasteiger partial charge on any atom is -0.481 e. The van der Waals surface area contributed by atoms with E-state index in [2.05, 4.69) is 0 Å². The molecule has 1 rings (SSSR count). The highest BCUT2D eigenvalue weighted by molar-refractivity contribution is 6.36. The zero-order chi connectivity index (χ0) is 12.1. The summed E-state index contributed by atoms with van der Waals surface area (Å²) in [7, 11) is 0. The Morgan fingerprint density at radius 3 is 2.88 bits per heavy atom. The summed E-state index contributed by atoms with van der Waals surface area (Å²) in [5.41, 5.74) is 0.729. The van der Waals surface area contributed by atoms with Crippen molar-refractivity contribution < 1.29 is 14.1 Å². The average Bonchev–Trinajstić information content (AvgIpc) is 2.25. The van der Waals surface area contributed by atoms with E-state index >= 15 is 0 Å². The molecule has 0 aliphatic rings. The maximum Gasteiger partial charge on any atom is 0.311 e. The largest absolute Gasteiger partial charge is 0.481 e. The number of hydrogen-bond acceptors (Lipinski definition) is 3. The molecule has 1 aromatic rings. The summed E-state index contributed by atoms with van der Waals surface area (Å²) in [6.07, 6.45) is 0. The van der Waals surface area contributed by atoms with Crippen molar-refractivity contribution in [1.82, 2.24) is 0 Å². The van der Waals surface area contributed by atoms with Gasteiger partial charge in [0.1, 0.15) is 12.4 Å². The van der Waals surface area contributed by atoms with E-state index in [9.17, 15) is 14.5 Å². The van der Waals surface area contributed by atoms with Gasteiger partial charge in [-0.25, -0.2) is 4.39 Å². The smallest absolute Gasteiger partial charge is 0.311 e. The summed E-state index contributed by atoms with van der Waals surface area (Å²) >= 11 is 10.8. The van der Waals surface area contributed by atoms with Gasteiger partial charge in [-0.05, 0) is 6.07 Å². The Bertz CT molecular complexity index is 437. The van der Waals surface area contributed by atoms with Crippen LogP contribution in [0.15, 0.2) is 28.8 Å². The molecule has 0 spiro atoms. The van der Waals surface area contributed by atoms with Crippen LogP contribution in [0.2, 0.25) is 0 Å². The summed E-state index contributed by atoms with van der Waals surface area (Å²) < 4.78 is 17.8. The van der Waals surface area contributed by atoms with Crippen molar-refractivity contribution in [3.8, 4) is 5.75 Å². The molecule has 16 heavy (non-hydrogen) atoms. The lowest BCUT2D eigenvalue weighted by molar-refractivity contribution is -0.385. The van der Waals surface area contributed by atoms with Crippen molar-refractivity contribution in [2.75, 3.05) is 6.61 Å². The molecule has 0 fully saturated rings. The lowest BCUT2D eigenvalue weighted by atomic mass is 10.3. The van der Waals surface area contributed by atoms with E-state index in [-0.39, 0.29) is 23.1 Å². The maximum absolute atomic E-state index is 12.8. The number of nitrogens with zero attached hydrogens (tertiary/aromatic N) is 1. The molecular weight excluding hydrogens is 260 g/mol. The molecule has 0 amide bonds. The Hall–Kier alpha value is -1.33. The minimum atomic E-state index is -0.674. The van der Waals surface area contributed by atoms with Gasteiger partial charge >= 0.3 is 5.69 Å². The van der Waals surface area contributed by atoms with E-state index in [0.717, 1.165) is 23.7 Å². The average molecular weight is 266 g/mol. The van der Waals surface area contributed by atoms with Crippen LogP contribution >= 0.6 is 23.2 Å². The van der Waals surface area contributed by atoms with Gasteiger partial charge in [0.15, 0.2) is 5.75 Å². The topological polar surface area (TPSA) is 52.4 Å². The maximum atomic E-state index is 12.8. The van der Waals surface area contributed by atoms with Crippen LogP contribution in [0.5, 0.6) is 5.75 Å². The predicted octanol–water partition coefficient (Wildman–Crippen LogP) is 3.43. The van der Waals surface area contributed by atoms with Crippen LogP contribution in [0.1, 0.15) is 0 Å². The fourth-order valence-corrected chi connectivity index (χ4v) is 1.05. The van der Waals surface area contributed by atoms with E-state index in [1.54, 1.807) is 0 Å². The summed E-state index contributed by atoms with van der Waals surface area (Å²) in [4.78, 5) is 9.90.